The number of nitrogens with one attached hydrogen (secondary N) is 3. The van der Waals surface area contributed by atoms with Gasteiger partial charge >= 0.3 is 0 Å². The zero-order chi connectivity index (χ0) is 15.2. The highest BCUT2D eigenvalue weighted by molar-refractivity contribution is 5.83. The van der Waals surface area contributed by atoms with Crippen molar-refractivity contribution in [1.82, 2.24) is 15.6 Å². The van der Waals surface area contributed by atoms with Gasteiger partial charge in [-0.25, -0.2) is 0 Å². The zero-order valence-electron chi connectivity index (χ0n) is 13.4. The lowest BCUT2D eigenvalue weighted by molar-refractivity contribution is 0.481. The first-order chi connectivity index (χ1) is 10.1. The summed E-state index contributed by atoms with van der Waals surface area (Å²) >= 11 is 0. The fraction of sp³-hybridized carbons (Fsp3) is 0.471. The van der Waals surface area contributed by atoms with E-state index in [1.807, 2.05) is 7.05 Å². The third-order valence-corrected chi connectivity index (χ3v) is 3.95. The van der Waals surface area contributed by atoms with Crippen LogP contribution in [-0.4, -0.2) is 30.6 Å². The molecule has 2 aromatic rings. The van der Waals surface area contributed by atoms with Crippen LogP contribution in [0.3, 0.4) is 0 Å². The minimum Gasteiger partial charge on any atom is -0.361 e. The molecule has 1 atom stereocenters. The highest BCUT2D eigenvalue weighted by Gasteiger charge is 2.09. The Morgan fingerprint density at radius 3 is 2.71 bits per heavy atom. The van der Waals surface area contributed by atoms with Crippen LogP contribution in [0.25, 0.3) is 10.9 Å². The summed E-state index contributed by atoms with van der Waals surface area (Å²) < 4.78 is 0. The van der Waals surface area contributed by atoms with E-state index in [4.69, 9.17) is 0 Å². The van der Waals surface area contributed by atoms with Crippen molar-refractivity contribution in [1.29, 1.82) is 0 Å². The van der Waals surface area contributed by atoms with E-state index in [9.17, 15) is 0 Å². The molecule has 1 aromatic heterocycles. The smallest absolute Gasteiger partial charge is 0.191 e. The molecule has 114 valence electrons. The summed E-state index contributed by atoms with van der Waals surface area (Å²) in [5, 5.41) is 8.10. The Balaban J connectivity index is 1.88. The molecule has 0 spiro atoms. The molecule has 2 rings (SSSR count). The highest BCUT2D eigenvalue weighted by atomic mass is 15.2. The van der Waals surface area contributed by atoms with Crippen LogP contribution in [0.4, 0.5) is 0 Å². The van der Waals surface area contributed by atoms with E-state index < -0.39 is 0 Å². The summed E-state index contributed by atoms with van der Waals surface area (Å²) in [6.45, 7) is 7.46. The number of hydrogen-bond acceptors (Lipinski definition) is 1. The Bertz CT molecular complexity index is 598. The molecular weight excluding hydrogens is 260 g/mol. The zero-order valence-corrected chi connectivity index (χ0v) is 13.4. The second kappa shape index (κ2) is 7.16. The molecule has 0 aliphatic rings. The molecule has 21 heavy (non-hydrogen) atoms. The van der Waals surface area contributed by atoms with E-state index in [-0.39, 0.29) is 0 Å². The molecule has 4 nitrogen and oxygen atoms in total. The molecule has 3 N–H and O–H groups in total. The summed E-state index contributed by atoms with van der Waals surface area (Å²) in [6.07, 6.45) is 3.07. The number of aromatic amines is 1. The number of hydrogen-bond donors (Lipinski definition) is 3. The number of benzene rings is 1. The Labute approximate surface area is 127 Å². The minimum absolute atomic E-state index is 0.407. The summed E-state index contributed by atoms with van der Waals surface area (Å²) in [4.78, 5) is 7.59. The molecule has 1 aromatic carbocycles. The van der Waals surface area contributed by atoms with Gasteiger partial charge < -0.3 is 15.6 Å². The van der Waals surface area contributed by atoms with Crippen molar-refractivity contribution >= 4 is 16.9 Å². The molecule has 0 radical (unpaired) electrons. The van der Waals surface area contributed by atoms with Gasteiger partial charge in [0.25, 0.3) is 0 Å². The van der Waals surface area contributed by atoms with Crippen LogP contribution < -0.4 is 10.6 Å². The minimum atomic E-state index is 0.407. The monoisotopic (exact) mass is 286 g/mol. The van der Waals surface area contributed by atoms with Gasteiger partial charge in [-0.15, -0.1) is 0 Å². The standard InChI is InChI=1S/C17H26N4/c1-12(2)13(3)21-17(18-4)19-10-9-14-11-20-16-8-6-5-7-15(14)16/h5-8,11-13,20H,9-10H2,1-4H3,(H2,18,19,21). The normalized spacial score (nSPS) is 13.7. The van der Waals surface area contributed by atoms with Gasteiger partial charge in [0.05, 0.1) is 0 Å². The number of guanidine groups is 1. The third kappa shape index (κ3) is 4.00. The number of H-pyrrole nitrogens is 1. The maximum absolute atomic E-state index is 4.28. The second-order valence-electron chi connectivity index (χ2n) is 5.79. The molecule has 0 saturated heterocycles. The lowest BCUT2D eigenvalue weighted by Crippen LogP contribution is -2.44. The highest BCUT2D eigenvalue weighted by Crippen LogP contribution is 2.17. The molecule has 4 heteroatoms. The number of fused-ring (bicyclic) bond motifs is 1. The molecule has 0 aliphatic heterocycles. The van der Waals surface area contributed by atoms with Gasteiger partial charge in [0.1, 0.15) is 0 Å². The Hall–Kier alpha value is -1.97. The summed E-state index contributed by atoms with van der Waals surface area (Å²) in [7, 11) is 1.81. The Morgan fingerprint density at radius 2 is 2.00 bits per heavy atom. The van der Waals surface area contributed by atoms with Crippen LogP contribution in [0.15, 0.2) is 35.5 Å². The van der Waals surface area contributed by atoms with E-state index in [0.717, 1.165) is 18.9 Å². The van der Waals surface area contributed by atoms with Gasteiger partial charge in [0.2, 0.25) is 0 Å². The summed E-state index contributed by atoms with van der Waals surface area (Å²) in [6, 6.07) is 8.81. The lowest BCUT2D eigenvalue weighted by atomic mass is 10.1. The van der Waals surface area contributed by atoms with E-state index >= 15 is 0 Å². The second-order valence-corrected chi connectivity index (χ2v) is 5.79. The van der Waals surface area contributed by atoms with Gasteiger partial charge in [-0.1, -0.05) is 32.0 Å². The average Bonchev–Trinajstić information content (AvgIpc) is 2.89. The first kappa shape index (κ1) is 15.4. The molecule has 0 bridgehead atoms. The van der Waals surface area contributed by atoms with Gasteiger partial charge in [-0.3, -0.25) is 4.99 Å². The maximum Gasteiger partial charge on any atom is 0.191 e. The molecule has 0 amide bonds. The van der Waals surface area contributed by atoms with Crippen LogP contribution >= 0.6 is 0 Å². The van der Waals surface area contributed by atoms with Crippen molar-refractivity contribution in [2.45, 2.75) is 33.2 Å². The van der Waals surface area contributed by atoms with Crippen molar-refractivity contribution in [3.8, 4) is 0 Å². The predicted molar refractivity (Wildman–Crippen MR) is 90.8 cm³/mol. The quantitative estimate of drug-likeness (QED) is 0.585. The van der Waals surface area contributed by atoms with Crippen molar-refractivity contribution in [2.24, 2.45) is 10.9 Å². The van der Waals surface area contributed by atoms with Crippen LogP contribution in [0.5, 0.6) is 0 Å². The number of rotatable bonds is 5. The van der Waals surface area contributed by atoms with Crippen molar-refractivity contribution in [3.05, 3.63) is 36.0 Å². The largest absolute Gasteiger partial charge is 0.361 e. The first-order valence-corrected chi connectivity index (χ1v) is 7.64. The first-order valence-electron chi connectivity index (χ1n) is 7.64. The number of aromatic nitrogens is 1. The van der Waals surface area contributed by atoms with E-state index in [2.05, 4.69) is 71.8 Å². The summed E-state index contributed by atoms with van der Waals surface area (Å²) in [5.41, 5.74) is 2.54. The predicted octanol–water partition coefficient (Wildman–Crippen LogP) is 2.92. The Morgan fingerprint density at radius 1 is 1.24 bits per heavy atom. The molecule has 0 saturated carbocycles. The van der Waals surface area contributed by atoms with Crippen LogP contribution in [0.2, 0.25) is 0 Å². The van der Waals surface area contributed by atoms with Crippen LogP contribution in [0.1, 0.15) is 26.3 Å². The SMILES string of the molecule is CN=C(NCCc1c[nH]c2ccccc12)NC(C)C(C)C. The number of para-hydroxylation sites is 1. The van der Waals surface area contributed by atoms with Crippen molar-refractivity contribution in [3.63, 3.8) is 0 Å². The van der Waals surface area contributed by atoms with E-state index in [0.29, 0.717) is 12.0 Å². The molecule has 1 heterocycles. The van der Waals surface area contributed by atoms with Crippen LogP contribution in [-0.2, 0) is 6.42 Å². The van der Waals surface area contributed by atoms with E-state index in [1.54, 1.807) is 0 Å². The topological polar surface area (TPSA) is 52.2 Å². The molecule has 0 aliphatic carbocycles. The molecule has 1 unspecified atom stereocenters. The Kier molecular flexibility index (Phi) is 5.26. The maximum atomic E-state index is 4.28. The van der Waals surface area contributed by atoms with Gasteiger partial charge in [-0.05, 0) is 30.9 Å². The van der Waals surface area contributed by atoms with Crippen molar-refractivity contribution in [2.75, 3.05) is 13.6 Å². The molecular formula is C17H26N4. The van der Waals surface area contributed by atoms with E-state index in [1.165, 1.54) is 16.5 Å². The van der Waals surface area contributed by atoms with Crippen LogP contribution in [0, 0.1) is 5.92 Å². The van der Waals surface area contributed by atoms with Gasteiger partial charge in [0.15, 0.2) is 5.96 Å². The fourth-order valence-corrected chi connectivity index (χ4v) is 2.23. The molecule has 0 fully saturated rings. The van der Waals surface area contributed by atoms with Gasteiger partial charge in [0, 0.05) is 36.7 Å². The fourth-order valence-electron chi connectivity index (χ4n) is 2.23. The number of aliphatic imine (C=N–C) groups is 1. The average molecular weight is 286 g/mol. The van der Waals surface area contributed by atoms with Gasteiger partial charge in [-0.2, -0.15) is 0 Å². The summed E-state index contributed by atoms with van der Waals surface area (Å²) in [5.74, 6) is 1.45. The lowest BCUT2D eigenvalue weighted by Gasteiger charge is -2.20. The third-order valence-electron chi connectivity index (χ3n) is 3.95. The number of nitrogens with zero attached hydrogens (tertiary/aromatic N) is 1. The van der Waals surface area contributed by atoms with Crippen molar-refractivity contribution < 1.29 is 0 Å².